The largest absolute Gasteiger partial charge is 0.360 e. The second-order valence-corrected chi connectivity index (χ2v) is 8.35. The molecule has 0 aliphatic rings. The lowest BCUT2D eigenvalue weighted by atomic mass is 10.2. The van der Waals surface area contributed by atoms with Crippen molar-refractivity contribution in [2.24, 2.45) is 0 Å². The van der Waals surface area contributed by atoms with Crippen molar-refractivity contribution in [1.82, 2.24) is 0 Å². The summed E-state index contributed by atoms with van der Waals surface area (Å²) in [6, 6.07) is 14.6. The molecule has 0 saturated heterocycles. The lowest BCUT2D eigenvalue weighted by Gasteiger charge is -2.12. The van der Waals surface area contributed by atoms with Crippen molar-refractivity contribution in [3.8, 4) is 0 Å². The first-order chi connectivity index (χ1) is 13.9. The van der Waals surface area contributed by atoms with Gasteiger partial charge in [-0.25, -0.2) is 8.42 Å². The highest BCUT2D eigenvalue weighted by Gasteiger charge is 2.17. The number of ketones is 1. The lowest BCUT2D eigenvalue weighted by molar-refractivity contribution is -0.384. The maximum Gasteiger partial charge on any atom is 0.269 e. The minimum atomic E-state index is -3.96. The Bertz CT molecular complexity index is 1150. The Labute approximate surface area is 170 Å². The van der Waals surface area contributed by atoms with Gasteiger partial charge in [-0.15, -0.1) is 11.3 Å². The van der Waals surface area contributed by atoms with Crippen molar-refractivity contribution in [2.75, 3.05) is 10.0 Å². The number of anilines is 2. The van der Waals surface area contributed by atoms with E-state index in [4.69, 9.17) is 0 Å². The number of nitrogens with one attached hydrogen (secondary N) is 2. The van der Waals surface area contributed by atoms with E-state index in [2.05, 4.69) is 10.0 Å². The van der Waals surface area contributed by atoms with Gasteiger partial charge in [0.1, 0.15) is 0 Å². The van der Waals surface area contributed by atoms with Crippen LogP contribution in [0.15, 0.2) is 83.2 Å². The molecule has 29 heavy (non-hydrogen) atoms. The fourth-order valence-corrected chi connectivity index (χ4v) is 4.08. The van der Waals surface area contributed by atoms with Crippen molar-refractivity contribution in [2.45, 2.75) is 4.90 Å². The lowest BCUT2D eigenvalue weighted by Crippen LogP contribution is -2.14. The van der Waals surface area contributed by atoms with E-state index >= 15 is 0 Å². The van der Waals surface area contributed by atoms with Gasteiger partial charge in [-0.3, -0.25) is 19.6 Å². The van der Waals surface area contributed by atoms with Gasteiger partial charge in [-0.05, 0) is 35.7 Å². The number of non-ortho nitro benzene ring substituents is 1. The van der Waals surface area contributed by atoms with Crippen molar-refractivity contribution < 1.29 is 18.1 Å². The van der Waals surface area contributed by atoms with Gasteiger partial charge >= 0.3 is 0 Å². The molecule has 2 aromatic carbocycles. The molecule has 0 aliphatic heterocycles. The molecule has 2 N–H and O–H groups in total. The van der Waals surface area contributed by atoms with Crippen LogP contribution in [-0.2, 0) is 10.0 Å². The van der Waals surface area contributed by atoms with Crippen LogP contribution in [0.5, 0.6) is 0 Å². The van der Waals surface area contributed by atoms with Gasteiger partial charge in [-0.2, -0.15) is 0 Å². The van der Waals surface area contributed by atoms with Gasteiger partial charge in [0.05, 0.1) is 26.1 Å². The van der Waals surface area contributed by atoms with E-state index in [-0.39, 0.29) is 22.1 Å². The molecule has 148 valence electrons. The Kier molecular flexibility index (Phi) is 6.05. The molecule has 0 saturated carbocycles. The third-order valence-corrected chi connectivity index (χ3v) is 6.03. The molecule has 1 aromatic heterocycles. The summed E-state index contributed by atoms with van der Waals surface area (Å²) in [6.07, 6.45) is 2.79. The van der Waals surface area contributed by atoms with Crippen LogP contribution in [-0.4, -0.2) is 19.1 Å². The molecule has 0 amide bonds. The van der Waals surface area contributed by atoms with Crippen LogP contribution in [0.2, 0.25) is 0 Å². The summed E-state index contributed by atoms with van der Waals surface area (Å²) in [7, 11) is -3.96. The van der Waals surface area contributed by atoms with Gasteiger partial charge in [0, 0.05) is 24.4 Å². The highest BCUT2D eigenvalue weighted by atomic mass is 32.2. The first-order valence-electron chi connectivity index (χ1n) is 8.24. The molecule has 0 atom stereocenters. The van der Waals surface area contributed by atoms with Crippen LogP contribution in [0, 0.1) is 10.1 Å². The van der Waals surface area contributed by atoms with Crippen LogP contribution in [0.4, 0.5) is 17.1 Å². The van der Waals surface area contributed by atoms with Gasteiger partial charge in [0.15, 0.2) is 5.78 Å². The summed E-state index contributed by atoms with van der Waals surface area (Å²) >= 11 is 1.33. The number of rotatable bonds is 8. The molecule has 0 bridgehead atoms. The number of allylic oxidation sites excluding steroid dienone is 1. The molecule has 0 spiro atoms. The zero-order valence-electron chi connectivity index (χ0n) is 14.8. The van der Waals surface area contributed by atoms with E-state index in [9.17, 15) is 23.3 Å². The molecule has 0 fully saturated rings. The number of nitro groups is 1. The minimum Gasteiger partial charge on any atom is -0.360 e. The molecule has 3 aromatic rings. The number of carbonyl (C=O) groups is 1. The van der Waals surface area contributed by atoms with E-state index in [0.29, 0.717) is 10.6 Å². The number of hydrogen-bond donors (Lipinski definition) is 2. The summed E-state index contributed by atoms with van der Waals surface area (Å²) in [5, 5.41) is 15.4. The zero-order valence-corrected chi connectivity index (χ0v) is 16.4. The van der Waals surface area contributed by atoms with Crippen molar-refractivity contribution >= 4 is 44.2 Å². The van der Waals surface area contributed by atoms with E-state index in [0.717, 1.165) is 24.3 Å². The summed E-state index contributed by atoms with van der Waals surface area (Å²) < 4.78 is 27.6. The molecule has 3 rings (SSSR count). The molecule has 0 unspecified atom stereocenters. The molecule has 10 heteroatoms. The highest BCUT2D eigenvalue weighted by Crippen LogP contribution is 2.25. The number of hydrogen-bond acceptors (Lipinski definition) is 7. The topological polar surface area (TPSA) is 118 Å². The molecule has 0 radical (unpaired) electrons. The highest BCUT2D eigenvalue weighted by molar-refractivity contribution is 7.92. The molecule has 0 aliphatic carbocycles. The summed E-state index contributed by atoms with van der Waals surface area (Å²) in [5.74, 6) is -0.170. The van der Waals surface area contributed by atoms with E-state index in [1.54, 1.807) is 41.8 Å². The molecule has 8 nitrogen and oxygen atoms in total. The maximum atomic E-state index is 12.6. The van der Waals surface area contributed by atoms with Crippen LogP contribution in [0.1, 0.15) is 9.67 Å². The first-order valence-corrected chi connectivity index (χ1v) is 10.6. The summed E-state index contributed by atoms with van der Waals surface area (Å²) in [5.41, 5.74) is 0.499. The Balaban J connectivity index is 1.76. The molecule has 1 heterocycles. The second-order valence-electron chi connectivity index (χ2n) is 5.72. The summed E-state index contributed by atoms with van der Waals surface area (Å²) in [4.78, 5) is 22.6. The van der Waals surface area contributed by atoms with Crippen LogP contribution in [0.3, 0.4) is 0 Å². The number of nitrogens with zero attached hydrogens (tertiary/aromatic N) is 1. The third-order valence-electron chi connectivity index (χ3n) is 3.77. The van der Waals surface area contributed by atoms with E-state index in [1.165, 1.54) is 23.6 Å². The number of benzene rings is 2. The van der Waals surface area contributed by atoms with Gasteiger partial charge in [0.25, 0.3) is 15.7 Å². The monoisotopic (exact) mass is 429 g/mol. The number of para-hydroxylation sites is 2. The van der Waals surface area contributed by atoms with Gasteiger partial charge in [-0.1, -0.05) is 18.2 Å². The average molecular weight is 429 g/mol. The fraction of sp³-hybridized carbons (Fsp3) is 0. The normalized spacial score (nSPS) is 11.3. The molecular formula is C19H15N3O5S2. The Hall–Kier alpha value is -3.50. The minimum absolute atomic E-state index is 0.110. The van der Waals surface area contributed by atoms with Crippen LogP contribution < -0.4 is 10.0 Å². The van der Waals surface area contributed by atoms with E-state index in [1.807, 2.05) is 0 Å². The SMILES string of the molecule is O=C(/C=C/Nc1ccccc1NS(=O)(=O)c1ccc([N+](=O)[O-])cc1)c1cccs1. The Morgan fingerprint density at radius 2 is 1.69 bits per heavy atom. The smallest absolute Gasteiger partial charge is 0.269 e. The van der Waals surface area contributed by atoms with Crippen molar-refractivity contribution in [3.05, 3.63) is 93.3 Å². The third kappa shape index (κ3) is 5.06. The number of thiophene rings is 1. The fourth-order valence-electron chi connectivity index (χ4n) is 2.36. The summed E-state index contributed by atoms with van der Waals surface area (Å²) in [6.45, 7) is 0. The maximum absolute atomic E-state index is 12.6. The standard InChI is InChI=1S/C19H15N3O5S2/c23-18(19-6-3-13-28-19)11-12-20-16-4-1-2-5-17(16)21-29(26,27)15-9-7-14(8-10-15)22(24)25/h1-13,20-21H/b12-11+. The number of sulfonamides is 1. The van der Waals surface area contributed by atoms with Crippen molar-refractivity contribution in [3.63, 3.8) is 0 Å². The quantitative estimate of drug-likeness (QED) is 0.239. The predicted molar refractivity (Wildman–Crippen MR) is 112 cm³/mol. The van der Waals surface area contributed by atoms with Crippen LogP contribution >= 0.6 is 11.3 Å². The van der Waals surface area contributed by atoms with Crippen molar-refractivity contribution in [1.29, 1.82) is 0 Å². The average Bonchev–Trinajstić information content (AvgIpc) is 3.24. The van der Waals surface area contributed by atoms with Crippen LogP contribution in [0.25, 0.3) is 0 Å². The van der Waals surface area contributed by atoms with E-state index < -0.39 is 14.9 Å². The van der Waals surface area contributed by atoms with Gasteiger partial charge < -0.3 is 5.32 Å². The number of nitro benzene ring substituents is 1. The predicted octanol–water partition coefficient (Wildman–Crippen LogP) is 4.27. The number of carbonyl (C=O) groups excluding carboxylic acids is 1. The Morgan fingerprint density at radius 3 is 2.31 bits per heavy atom. The second kappa shape index (κ2) is 8.67. The van der Waals surface area contributed by atoms with Gasteiger partial charge in [0.2, 0.25) is 0 Å². The first kappa shape index (κ1) is 20.2. The zero-order chi connectivity index (χ0) is 20.9. The Morgan fingerprint density at radius 1 is 1.00 bits per heavy atom. The molecular weight excluding hydrogens is 414 g/mol.